The van der Waals surface area contributed by atoms with Crippen LogP contribution in [0.15, 0.2) is 66.9 Å². The zero-order valence-electron chi connectivity index (χ0n) is 21.6. The number of halogens is 3. The van der Waals surface area contributed by atoms with Crippen molar-refractivity contribution in [2.24, 2.45) is 5.73 Å². The highest BCUT2D eigenvalue weighted by Crippen LogP contribution is 2.34. The van der Waals surface area contributed by atoms with Crippen LogP contribution in [0.25, 0.3) is 33.4 Å². The van der Waals surface area contributed by atoms with Crippen LogP contribution in [0.1, 0.15) is 16.2 Å². The zero-order chi connectivity index (χ0) is 30.0. The minimum atomic E-state index is -1.39. The van der Waals surface area contributed by atoms with E-state index < -0.39 is 35.2 Å². The maximum Gasteiger partial charge on any atom is 0.338 e. The van der Waals surface area contributed by atoms with Gasteiger partial charge in [-0.15, -0.1) is 0 Å². The van der Waals surface area contributed by atoms with E-state index in [0.29, 0.717) is 45.0 Å². The lowest BCUT2D eigenvalue weighted by atomic mass is 10.0. The van der Waals surface area contributed by atoms with Crippen molar-refractivity contribution in [3.63, 3.8) is 0 Å². The normalized spacial score (nSPS) is 11.8. The molecule has 0 radical (unpaired) electrons. The van der Waals surface area contributed by atoms with E-state index in [2.05, 4.69) is 20.3 Å². The number of aromatic nitrogens is 3. The molecule has 6 N–H and O–H groups in total. The van der Waals surface area contributed by atoms with Gasteiger partial charge >= 0.3 is 11.9 Å². The lowest BCUT2D eigenvalue weighted by Crippen LogP contribution is -2.36. The molecule has 1 atom stereocenters. The van der Waals surface area contributed by atoms with Crippen molar-refractivity contribution < 1.29 is 33.3 Å². The molecule has 42 heavy (non-hydrogen) atoms. The summed E-state index contributed by atoms with van der Waals surface area (Å²) in [5.41, 5.74) is 7.80. The van der Waals surface area contributed by atoms with Gasteiger partial charge in [-0.1, -0.05) is 23.7 Å². The number of nitrogens with one attached hydrogen (secondary N) is 2. The van der Waals surface area contributed by atoms with E-state index in [9.17, 15) is 23.5 Å². The first-order valence-corrected chi connectivity index (χ1v) is 12.8. The van der Waals surface area contributed by atoms with Gasteiger partial charge in [-0.3, -0.25) is 9.78 Å². The molecule has 2 aromatic heterocycles. The molecule has 0 saturated carbocycles. The number of rotatable bonds is 10. The minimum Gasteiger partial charge on any atom is -0.490 e. The zero-order valence-corrected chi connectivity index (χ0v) is 22.3. The molecule has 0 amide bonds. The lowest BCUT2D eigenvalue weighted by molar-refractivity contribution is -0.139. The molecule has 0 bridgehead atoms. The summed E-state index contributed by atoms with van der Waals surface area (Å²) < 4.78 is 34.1. The highest BCUT2D eigenvalue weighted by Gasteiger charge is 2.18. The fourth-order valence-corrected chi connectivity index (χ4v) is 4.36. The van der Waals surface area contributed by atoms with Gasteiger partial charge in [0.2, 0.25) is 0 Å². The summed E-state index contributed by atoms with van der Waals surface area (Å²) in [4.78, 5) is 34.5. The number of imidazole rings is 1. The summed E-state index contributed by atoms with van der Waals surface area (Å²) in [6, 6.07) is 14.0. The summed E-state index contributed by atoms with van der Waals surface area (Å²) in [6.45, 7) is -0.247. The number of carboxylic acids is 2. The number of anilines is 1. The smallest absolute Gasteiger partial charge is 0.338 e. The standard InChI is InChI=1S/C29H22ClF2N5O5/c30-19-10-15(4-6-20(19)31)27-26(36-24(37-27)12-35-23-3-1-2-18(25(23)32)28(38)39)14-5-7-22-16(8-14)9-17(11-34-22)42-13-21(33)29(40)41/h1-11,21,35H,12-13,33H2,(H,36,37)(H,38,39)(H,40,41)/t21-/m0/s1. The molecule has 3 aromatic carbocycles. The van der Waals surface area contributed by atoms with Gasteiger partial charge in [0, 0.05) is 16.5 Å². The van der Waals surface area contributed by atoms with E-state index in [1.807, 2.05) is 6.07 Å². The molecule has 0 aliphatic rings. The Labute approximate surface area is 241 Å². The van der Waals surface area contributed by atoms with Crippen LogP contribution in [0.3, 0.4) is 0 Å². The van der Waals surface area contributed by atoms with Gasteiger partial charge in [0.15, 0.2) is 5.82 Å². The predicted molar refractivity (Wildman–Crippen MR) is 152 cm³/mol. The summed E-state index contributed by atoms with van der Waals surface area (Å²) in [5, 5.41) is 21.6. The Morgan fingerprint density at radius 1 is 1.07 bits per heavy atom. The van der Waals surface area contributed by atoms with Crippen molar-refractivity contribution in [2.75, 3.05) is 11.9 Å². The fraction of sp³-hybridized carbons (Fsp3) is 0.103. The number of H-pyrrole nitrogens is 1. The maximum absolute atomic E-state index is 14.7. The number of nitrogens with two attached hydrogens (primary N) is 1. The van der Waals surface area contributed by atoms with Crippen molar-refractivity contribution in [2.45, 2.75) is 12.6 Å². The van der Waals surface area contributed by atoms with Gasteiger partial charge < -0.3 is 31.0 Å². The quantitative estimate of drug-likeness (QED) is 0.144. The van der Waals surface area contributed by atoms with Gasteiger partial charge in [0.05, 0.1) is 45.9 Å². The number of carbonyl (C=O) groups is 2. The van der Waals surface area contributed by atoms with Crippen LogP contribution in [0, 0.1) is 11.6 Å². The van der Waals surface area contributed by atoms with Crippen LogP contribution in [-0.4, -0.2) is 49.8 Å². The Kier molecular flexibility index (Phi) is 8.00. The van der Waals surface area contributed by atoms with Gasteiger partial charge in [0.25, 0.3) is 0 Å². The van der Waals surface area contributed by atoms with Crippen molar-refractivity contribution in [1.29, 1.82) is 0 Å². The average molecular weight is 594 g/mol. The lowest BCUT2D eigenvalue weighted by Gasteiger charge is -2.10. The molecule has 5 aromatic rings. The van der Waals surface area contributed by atoms with Crippen molar-refractivity contribution in [3.8, 4) is 28.3 Å². The molecule has 10 nitrogen and oxygen atoms in total. The van der Waals surface area contributed by atoms with Gasteiger partial charge in [0.1, 0.15) is 30.0 Å². The second kappa shape index (κ2) is 11.8. The number of hydrogen-bond donors (Lipinski definition) is 5. The largest absolute Gasteiger partial charge is 0.490 e. The SMILES string of the molecule is N[C@@H](COc1cnc2ccc(-c3[nH]c(CNc4cccc(C(=O)O)c4F)nc3-c3ccc(F)c(Cl)c3)cc2c1)C(=O)O. The molecule has 0 aliphatic carbocycles. The number of ether oxygens (including phenoxy) is 1. The maximum atomic E-state index is 14.7. The van der Waals surface area contributed by atoms with E-state index in [4.69, 9.17) is 27.2 Å². The molecular weight excluding hydrogens is 572 g/mol. The Morgan fingerprint density at radius 3 is 2.60 bits per heavy atom. The van der Waals surface area contributed by atoms with Crippen molar-refractivity contribution >= 4 is 40.1 Å². The summed E-state index contributed by atoms with van der Waals surface area (Å²) in [7, 11) is 0. The number of carboxylic acid groups (broad SMARTS) is 2. The molecule has 0 aliphatic heterocycles. The van der Waals surface area contributed by atoms with E-state index in [1.165, 1.54) is 36.5 Å². The average Bonchev–Trinajstić information content (AvgIpc) is 3.40. The van der Waals surface area contributed by atoms with Crippen LogP contribution in [-0.2, 0) is 11.3 Å². The number of hydrogen-bond acceptors (Lipinski definition) is 7. The minimum absolute atomic E-state index is 0.00111. The number of nitrogens with zero attached hydrogens (tertiary/aromatic N) is 2. The first kappa shape index (κ1) is 28.5. The number of aliphatic carboxylic acids is 1. The second-order valence-electron chi connectivity index (χ2n) is 9.20. The van der Waals surface area contributed by atoms with Crippen LogP contribution in [0.2, 0.25) is 5.02 Å². The predicted octanol–water partition coefficient (Wildman–Crippen LogP) is 5.32. The van der Waals surface area contributed by atoms with E-state index in [1.54, 1.807) is 18.2 Å². The molecule has 214 valence electrons. The van der Waals surface area contributed by atoms with Gasteiger partial charge in [-0.05, 0) is 48.5 Å². The van der Waals surface area contributed by atoms with Crippen molar-refractivity contribution in [1.82, 2.24) is 15.0 Å². The first-order chi connectivity index (χ1) is 20.1. The number of pyridine rings is 1. The molecule has 5 rings (SSSR count). The van der Waals surface area contributed by atoms with Crippen LogP contribution in [0.5, 0.6) is 5.75 Å². The third-order valence-electron chi connectivity index (χ3n) is 6.31. The highest BCUT2D eigenvalue weighted by atomic mass is 35.5. The first-order valence-electron chi connectivity index (χ1n) is 12.4. The molecular formula is C29H22ClF2N5O5. The fourth-order valence-electron chi connectivity index (χ4n) is 4.18. The number of fused-ring (bicyclic) bond motifs is 1. The van der Waals surface area contributed by atoms with Gasteiger partial charge in [-0.2, -0.15) is 0 Å². The molecule has 2 heterocycles. The van der Waals surface area contributed by atoms with E-state index in [0.717, 1.165) is 6.07 Å². The number of aromatic amines is 1. The molecule has 0 fully saturated rings. The third-order valence-corrected chi connectivity index (χ3v) is 6.60. The molecule has 0 saturated heterocycles. The van der Waals surface area contributed by atoms with Crippen LogP contribution < -0.4 is 15.8 Å². The summed E-state index contributed by atoms with van der Waals surface area (Å²) >= 11 is 6.05. The molecule has 0 unspecified atom stereocenters. The Hall–Kier alpha value is -5.07. The monoisotopic (exact) mass is 593 g/mol. The Bertz CT molecular complexity index is 1830. The van der Waals surface area contributed by atoms with E-state index in [-0.39, 0.29) is 23.9 Å². The summed E-state index contributed by atoms with van der Waals surface area (Å²) in [5.74, 6) is -3.40. The highest BCUT2D eigenvalue weighted by molar-refractivity contribution is 6.31. The number of benzene rings is 3. The molecule has 13 heteroatoms. The Balaban J connectivity index is 1.51. The third kappa shape index (κ3) is 5.99. The van der Waals surface area contributed by atoms with Gasteiger partial charge in [-0.25, -0.2) is 18.6 Å². The van der Waals surface area contributed by atoms with Crippen LogP contribution in [0.4, 0.5) is 14.5 Å². The molecule has 0 spiro atoms. The Morgan fingerprint density at radius 2 is 1.86 bits per heavy atom. The topological polar surface area (TPSA) is 163 Å². The second-order valence-corrected chi connectivity index (χ2v) is 9.60. The van der Waals surface area contributed by atoms with E-state index >= 15 is 0 Å². The van der Waals surface area contributed by atoms with Crippen LogP contribution >= 0.6 is 11.6 Å². The van der Waals surface area contributed by atoms with Crippen molar-refractivity contribution in [3.05, 3.63) is 94.9 Å². The number of aromatic carboxylic acids is 1. The summed E-state index contributed by atoms with van der Waals surface area (Å²) in [6.07, 6.45) is 1.46.